The summed E-state index contributed by atoms with van der Waals surface area (Å²) in [4.78, 5) is 33.4. The lowest BCUT2D eigenvalue weighted by molar-refractivity contribution is -0.132. The summed E-state index contributed by atoms with van der Waals surface area (Å²) in [6.07, 6.45) is 1.64. The van der Waals surface area contributed by atoms with E-state index >= 15 is 0 Å². The fourth-order valence-electron chi connectivity index (χ4n) is 5.01. The fraction of sp³-hybridized carbons (Fsp3) is 0.333. The van der Waals surface area contributed by atoms with Gasteiger partial charge in [0.25, 0.3) is 5.91 Å². The van der Waals surface area contributed by atoms with Gasteiger partial charge < -0.3 is 9.80 Å². The summed E-state index contributed by atoms with van der Waals surface area (Å²) in [5.74, 6) is -0.730. The monoisotopic (exact) mass is 477 g/mol. The first-order valence-electron chi connectivity index (χ1n) is 11.8. The number of halogens is 1. The molecule has 2 aliphatic heterocycles. The molecule has 3 heterocycles. The molecule has 0 N–H and O–H groups in total. The van der Waals surface area contributed by atoms with Gasteiger partial charge in [-0.2, -0.15) is 0 Å². The van der Waals surface area contributed by atoms with Gasteiger partial charge in [-0.05, 0) is 47.5 Å². The van der Waals surface area contributed by atoms with E-state index < -0.39 is 5.82 Å². The maximum absolute atomic E-state index is 14.1. The quantitative estimate of drug-likeness (QED) is 0.566. The van der Waals surface area contributed by atoms with Gasteiger partial charge in [-0.25, -0.2) is 4.39 Å². The lowest BCUT2D eigenvalue weighted by Gasteiger charge is -2.37. The summed E-state index contributed by atoms with van der Waals surface area (Å²) in [6, 6.07) is 18.7. The molecule has 3 aromatic rings. The van der Waals surface area contributed by atoms with E-state index in [0.29, 0.717) is 39.1 Å². The Labute approximate surface area is 203 Å². The molecule has 1 unspecified atom stereocenters. The second-order valence-corrected chi connectivity index (χ2v) is 9.84. The van der Waals surface area contributed by atoms with E-state index in [9.17, 15) is 14.0 Å². The van der Waals surface area contributed by atoms with E-state index in [2.05, 4.69) is 28.5 Å². The van der Waals surface area contributed by atoms with Crippen LogP contribution in [0.3, 0.4) is 0 Å². The summed E-state index contributed by atoms with van der Waals surface area (Å²) < 4.78 is 14.1. The van der Waals surface area contributed by atoms with Crippen molar-refractivity contribution in [2.75, 3.05) is 39.3 Å². The number of hydrogen-bond donors (Lipinski definition) is 0. The summed E-state index contributed by atoms with van der Waals surface area (Å²) in [7, 11) is 0. The SMILES string of the molecule is O=C(CN1CCc2sccc2C1c1ccccc1)N1CCCN(C(=O)c2ccccc2F)CC1. The Bertz CT molecular complexity index is 1170. The van der Waals surface area contributed by atoms with Gasteiger partial charge in [0, 0.05) is 37.6 Å². The smallest absolute Gasteiger partial charge is 0.256 e. The highest BCUT2D eigenvalue weighted by molar-refractivity contribution is 7.10. The number of rotatable bonds is 4. The average Bonchev–Trinajstić information content (AvgIpc) is 3.19. The topological polar surface area (TPSA) is 43.9 Å². The molecule has 0 aliphatic carbocycles. The highest BCUT2D eigenvalue weighted by atomic mass is 32.1. The molecule has 0 bridgehead atoms. The molecule has 2 aliphatic rings. The van der Waals surface area contributed by atoms with Crippen LogP contribution in [0.5, 0.6) is 0 Å². The molecule has 0 spiro atoms. The second-order valence-electron chi connectivity index (χ2n) is 8.84. The predicted octanol–water partition coefficient (Wildman–Crippen LogP) is 4.21. The van der Waals surface area contributed by atoms with E-state index in [1.54, 1.807) is 28.4 Å². The summed E-state index contributed by atoms with van der Waals surface area (Å²) in [5.41, 5.74) is 2.59. The van der Waals surface area contributed by atoms with Crippen LogP contribution in [-0.4, -0.2) is 65.8 Å². The van der Waals surface area contributed by atoms with Crippen LogP contribution in [0.15, 0.2) is 66.0 Å². The number of carbonyl (C=O) groups is 2. The maximum atomic E-state index is 14.1. The third-order valence-electron chi connectivity index (χ3n) is 6.76. The fourth-order valence-corrected chi connectivity index (χ4v) is 5.92. The van der Waals surface area contributed by atoms with Gasteiger partial charge in [-0.3, -0.25) is 14.5 Å². The Morgan fingerprint density at radius 2 is 1.62 bits per heavy atom. The Morgan fingerprint density at radius 3 is 2.44 bits per heavy atom. The van der Waals surface area contributed by atoms with Gasteiger partial charge in [-0.15, -0.1) is 11.3 Å². The Kier molecular flexibility index (Phi) is 6.74. The van der Waals surface area contributed by atoms with E-state index in [1.165, 1.54) is 28.1 Å². The zero-order chi connectivity index (χ0) is 23.5. The maximum Gasteiger partial charge on any atom is 0.256 e. The van der Waals surface area contributed by atoms with E-state index in [4.69, 9.17) is 0 Å². The van der Waals surface area contributed by atoms with Gasteiger partial charge in [0.15, 0.2) is 0 Å². The first-order chi connectivity index (χ1) is 16.6. The Hall–Kier alpha value is -3.03. The van der Waals surface area contributed by atoms with Gasteiger partial charge in [0.05, 0.1) is 18.2 Å². The molecular formula is C27H28FN3O2S. The van der Waals surface area contributed by atoms with Crippen LogP contribution in [-0.2, 0) is 11.2 Å². The molecule has 0 saturated carbocycles. The normalized spacial score (nSPS) is 18.9. The van der Waals surface area contributed by atoms with Crippen LogP contribution in [0.25, 0.3) is 0 Å². The van der Waals surface area contributed by atoms with Crippen molar-refractivity contribution >= 4 is 23.2 Å². The minimum atomic E-state index is -0.505. The Balaban J connectivity index is 1.27. The second kappa shape index (κ2) is 10.1. The lowest BCUT2D eigenvalue weighted by Crippen LogP contribution is -2.45. The Morgan fingerprint density at radius 1 is 0.882 bits per heavy atom. The zero-order valence-corrected chi connectivity index (χ0v) is 19.8. The first-order valence-corrected chi connectivity index (χ1v) is 12.7. The molecule has 0 radical (unpaired) electrons. The molecule has 7 heteroatoms. The highest BCUT2D eigenvalue weighted by Crippen LogP contribution is 2.37. The van der Waals surface area contributed by atoms with Gasteiger partial charge in [-0.1, -0.05) is 42.5 Å². The number of fused-ring (bicyclic) bond motifs is 1. The molecule has 2 amide bonds. The molecule has 1 aromatic heterocycles. The number of amides is 2. The highest BCUT2D eigenvalue weighted by Gasteiger charge is 2.32. The number of benzene rings is 2. The molecule has 5 rings (SSSR count). The third kappa shape index (κ3) is 4.63. The van der Waals surface area contributed by atoms with E-state index in [1.807, 2.05) is 23.1 Å². The van der Waals surface area contributed by atoms with E-state index in [-0.39, 0.29) is 23.4 Å². The number of hydrogen-bond acceptors (Lipinski definition) is 4. The number of thiophene rings is 1. The molecule has 5 nitrogen and oxygen atoms in total. The molecule has 1 saturated heterocycles. The largest absolute Gasteiger partial charge is 0.340 e. The van der Waals surface area contributed by atoms with Crippen LogP contribution in [0.2, 0.25) is 0 Å². The summed E-state index contributed by atoms with van der Waals surface area (Å²) in [6.45, 7) is 3.18. The number of nitrogens with zero attached hydrogens (tertiary/aromatic N) is 3. The minimum absolute atomic E-state index is 0.0752. The summed E-state index contributed by atoms with van der Waals surface area (Å²) >= 11 is 1.79. The number of carbonyl (C=O) groups excluding carboxylic acids is 2. The van der Waals surface area contributed by atoms with Crippen molar-refractivity contribution in [1.29, 1.82) is 0 Å². The van der Waals surface area contributed by atoms with Crippen LogP contribution in [0, 0.1) is 5.82 Å². The van der Waals surface area contributed by atoms with Crippen molar-refractivity contribution in [3.8, 4) is 0 Å². The standard InChI is InChI=1S/C27H28FN3O2S/c28-23-10-5-4-9-21(23)27(33)30-14-6-13-29(16-17-30)25(32)19-31-15-11-24-22(12-18-34-24)26(31)20-7-2-1-3-8-20/h1-5,7-10,12,18,26H,6,11,13-17,19H2. The van der Waals surface area contributed by atoms with Crippen LogP contribution >= 0.6 is 11.3 Å². The molecule has 176 valence electrons. The van der Waals surface area contributed by atoms with Crippen molar-refractivity contribution in [1.82, 2.24) is 14.7 Å². The molecule has 1 fully saturated rings. The predicted molar refractivity (Wildman–Crippen MR) is 131 cm³/mol. The first kappa shape index (κ1) is 22.7. The van der Waals surface area contributed by atoms with Gasteiger partial charge in [0.1, 0.15) is 5.82 Å². The van der Waals surface area contributed by atoms with Crippen molar-refractivity contribution in [3.05, 3.63) is 93.4 Å². The molecule has 1 atom stereocenters. The van der Waals surface area contributed by atoms with Gasteiger partial charge in [0.2, 0.25) is 5.91 Å². The average molecular weight is 478 g/mol. The van der Waals surface area contributed by atoms with Crippen molar-refractivity contribution in [3.63, 3.8) is 0 Å². The van der Waals surface area contributed by atoms with Gasteiger partial charge >= 0.3 is 0 Å². The van der Waals surface area contributed by atoms with Crippen LogP contribution < -0.4 is 0 Å². The third-order valence-corrected chi connectivity index (χ3v) is 7.76. The molecular weight excluding hydrogens is 449 g/mol. The van der Waals surface area contributed by atoms with Crippen LogP contribution in [0.4, 0.5) is 4.39 Å². The molecule has 34 heavy (non-hydrogen) atoms. The van der Waals surface area contributed by atoms with Crippen molar-refractivity contribution in [2.24, 2.45) is 0 Å². The van der Waals surface area contributed by atoms with Crippen molar-refractivity contribution in [2.45, 2.75) is 18.9 Å². The zero-order valence-electron chi connectivity index (χ0n) is 19.0. The van der Waals surface area contributed by atoms with Crippen molar-refractivity contribution < 1.29 is 14.0 Å². The minimum Gasteiger partial charge on any atom is -0.340 e. The van der Waals surface area contributed by atoms with E-state index in [0.717, 1.165) is 13.0 Å². The lowest BCUT2D eigenvalue weighted by atomic mass is 9.93. The molecule has 2 aromatic carbocycles. The van der Waals surface area contributed by atoms with Crippen LogP contribution in [0.1, 0.15) is 38.8 Å². The summed E-state index contributed by atoms with van der Waals surface area (Å²) in [5, 5.41) is 2.14.